The van der Waals surface area contributed by atoms with Crippen molar-refractivity contribution in [1.29, 1.82) is 0 Å². The Kier molecular flexibility index (Phi) is 4.90. The molecular weight excluding hydrogens is 274 g/mol. The van der Waals surface area contributed by atoms with Crippen LogP contribution in [0.3, 0.4) is 0 Å². The van der Waals surface area contributed by atoms with Gasteiger partial charge in [-0.1, -0.05) is 35.5 Å². The molecule has 1 heterocycles. The highest BCUT2D eigenvalue weighted by Crippen LogP contribution is 2.21. The number of carbonyl (C=O) groups is 1. The summed E-state index contributed by atoms with van der Waals surface area (Å²) in [6.45, 7) is 1.96. The normalized spacial score (nSPS) is 11.3. The average molecular weight is 289 g/mol. The van der Waals surface area contributed by atoms with Crippen molar-refractivity contribution in [2.75, 3.05) is 6.61 Å². The first kappa shape index (κ1) is 14.3. The molecule has 20 heavy (non-hydrogen) atoms. The van der Waals surface area contributed by atoms with Crippen molar-refractivity contribution >= 4 is 23.0 Å². The van der Waals surface area contributed by atoms with Crippen LogP contribution >= 0.6 is 11.3 Å². The maximum atomic E-state index is 11.6. The predicted molar refractivity (Wildman–Crippen MR) is 78.5 cm³/mol. The minimum Gasteiger partial charge on any atom is -0.461 e. The number of hydrogen-bond acceptors (Lipinski definition) is 5. The second kappa shape index (κ2) is 6.86. The molecule has 2 aromatic rings. The lowest BCUT2D eigenvalue weighted by atomic mass is 10.1. The van der Waals surface area contributed by atoms with E-state index in [1.165, 1.54) is 16.9 Å². The number of rotatable bonds is 5. The average Bonchev–Trinajstić information content (AvgIpc) is 2.89. The molecule has 1 aromatic carbocycles. The molecule has 0 spiro atoms. The van der Waals surface area contributed by atoms with Gasteiger partial charge in [0.1, 0.15) is 0 Å². The van der Waals surface area contributed by atoms with Crippen molar-refractivity contribution < 1.29 is 14.7 Å². The smallest absolute Gasteiger partial charge is 0.361 e. The number of benzene rings is 1. The molecule has 1 aromatic heterocycles. The van der Waals surface area contributed by atoms with Crippen LogP contribution < -0.4 is 0 Å². The summed E-state index contributed by atoms with van der Waals surface area (Å²) in [6.07, 6.45) is 0.785. The Morgan fingerprint density at radius 1 is 1.25 bits per heavy atom. The molecule has 4 nitrogen and oxygen atoms in total. The summed E-state index contributed by atoms with van der Waals surface area (Å²) >= 11 is 1.42. The summed E-state index contributed by atoms with van der Waals surface area (Å²) in [7, 11) is 0. The molecule has 0 radical (unpaired) electrons. The Bertz CT molecular complexity index is 605. The molecule has 2 rings (SSSR count). The minimum atomic E-state index is -0.608. The van der Waals surface area contributed by atoms with Crippen molar-refractivity contribution in [3.8, 4) is 0 Å². The summed E-state index contributed by atoms with van der Waals surface area (Å²) in [5, 5.41) is 12.0. The van der Waals surface area contributed by atoms with Gasteiger partial charge >= 0.3 is 5.97 Å². The molecule has 0 saturated carbocycles. The summed E-state index contributed by atoms with van der Waals surface area (Å²) < 4.78 is 4.85. The monoisotopic (exact) mass is 289 g/mol. The molecule has 0 amide bonds. The Morgan fingerprint density at radius 2 is 2.00 bits per heavy atom. The topological polar surface area (TPSA) is 58.9 Å². The van der Waals surface area contributed by atoms with E-state index in [1.54, 1.807) is 13.0 Å². The van der Waals surface area contributed by atoms with Gasteiger partial charge in [0.25, 0.3) is 0 Å². The van der Waals surface area contributed by atoms with E-state index in [9.17, 15) is 4.79 Å². The van der Waals surface area contributed by atoms with Gasteiger partial charge in [0.15, 0.2) is 0 Å². The van der Waals surface area contributed by atoms with E-state index in [4.69, 9.17) is 9.94 Å². The minimum absolute atomic E-state index is 0.0452. The zero-order chi connectivity index (χ0) is 14.4. The predicted octanol–water partition coefficient (Wildman–Crippen LogP) is 3.08. The Hall–Kier alpha value is -2.14. The quantitative estimate of drug-likeness (QED) is 0.398. The molecule has 0 saturated heterocycles. The Morgan fingerprint density at radius 3 is 2.65 bits per heavy atom. The van der Waals surface area contributed by atoms with Crippen molar-refractivity contribution in [2.45, 2.75) is 13.3 Å². The van der Waals surface area contributed by atoms with E-state index >= 15 is 0 Å². The third-order valence-electron chi connectivity index (χ3n) is 2.69. The van der Waals surface area contributed by atoms with Crippen LogP contribution in [0.2, 0.25) is 0 Å². The molecule has 5 heteroatoms. The van der Waals surface area contributed by atoms with Crippen LogP contribution in [0.4, 0.5) is 0 Å². The molecule has 0 aliphatic rings. The Balaban J connectivity index is 2.14. The van der Waals surface area contributed by atoms with Crippen LogP contribution in [0.25, 0.3) is 0 Å². The first-order chi connectivity index (χ1) is 9.74. The van der Waals surface area contributed by atoms with Gasteiger partial charge in [0, 0.05) is 11.3 Å². The lowest BCUT2D eigenvalue weighted by Gasteiger charge is -2.01. The van der Waals surface area contributed by atoms with Gasteiger partial charge in [0.2, 0.25) is 5.71 Å². The van der Waals surface area contributed by atoms with Crippen molar-refractivity contribution in [3.05, 3.63) is 57.8 Å². The first-order valence-electron chi connectivity index (χ1n) is 6.26. The van der Waals surface area contributed by atoms with E-state index in [0.717, 1.165) is 11.3 Å². The highest BCUT2D eigenvalue weighted by atomic mass is 32.1. The zero-order valence-electron chi connectivity index (χ0n) is 11.1. The van der Waals surface area contributed by atoms with E-state index in [1.807, 2.05) is 36.4 Å². The van der Waals surface area contributed by atoms with Crippen LogP contribution in [-0.2, 0) is 16.0 Å². The molecule has 0 fully saturated rings. The van der Waals surface area contributed by atoms with E-state index in [-0.39, 0.29) is 12.3 Å². The number of thiophene rings is 1. The number of esters is 1. The third-order valence-corrected chi connectivity index (χ3v) is 3.78. The van der Waals surface area contributed by atoms with Crippen LogP contribution in [-0.4, -0.2) is 23.5 Å². The summed E-state index contributed by atoms with van der Waals surface area (Å²) in [6, 6.07) is 13.7. The Labute approximate surface area is 121 Å². The number of hydrogen-bond donors (Lipinski definition) is 1. The van der Waals surface area contributed by atoms with Crippen LogP contribution in [0, 0.1) is 0 Å². The van der Waals surface area contributed by atoms with Crippen LogP contribution in [0.15, 0.2) is 47.6 Å². The van der Waals surface area contributed by atoms with Gasteiger partial charge in [-0.3, -0.25) is 0 Å². The van der Waals surface area contributed by atoms with Crippen LogP contribution in [0.1, 0.15) is 22.2 Å². The molecule has 1 N–H and O–H groups in total. The SMILES string of the molecule is CCOC(=O)C(=NO)c1ccc(Cc2ccccc2)s1. The standard InChI is InChI=1S/C15H15NO3S/c1-2-19-15(17)14(16-18)13-9-8-12(20-13)10-11-6-4-3-5-7-11/h3-9,18H,2,10H2,1H3. The number of nitrogens with zero attached hydrogens (tertiary/aromatic N) is 1. The number of oxime groups is 1. The lowest BCUT2D eigenvalue weighted by Crippen LogP contribution is -2.17. The van der Waals surface area contributed by atoms with Crippen molar-refractivity contribution in [3.63, 3.8) is 0 Å². The molecular formula is C15H15NO3S. The molecule has 0 unspecified atom stereocenters. The molecule has 0 atom stereocenters. The van der Waals surface area contributed by atoms with Crippen molar-refractivity contribution in [1.82, 2.24) is 0 Å². The van der Waals surface area contributed by atoms with Gasteiger partial charge in [-0.05, 0) is 24.6 Å². The summed E-state index contributed by atoms with van der Waals surface area (Å²) in [5.74, 6) is -0.608. The van der Waals surface area contributed by atoms with E-state index in [0.29, 0.717) is 4.88 Å². The summed E-state index contributed by atoms with van der Waals surface area (Å²) in [4.78, 5) is 13.3. The fourth-order valence-electron chi connectivity index (χ4n) is 1.79. The van der Waals surface area contributed by atoms with Gasteiger partial charge in [-0.25, -0.2) is 4.79 Å². The third kappa shape index (κ3) is 3.45. The first-order valence-corrected chi connectivity index (χ1v) is 7.08. The molecule has 0 aliphatic carbocycles. The van der Waals surface area contributed by atoms with Gasteiger partial charge in [0.05, 0.1) is 11.5 Å². The maximum absolute atomic E-state index is 11.6. The second-order valence-corrected chi connectivity index (χ2v) is 5.27. The number of carbonyl (C=O) groups excluding carboxylic acids is 1. The van der Waals surface area contributed by atoms with E-state index in [2.05, 4.69) is 5.16 Å². The fraction of sp³-hybridized carbons (Fsp3) is 0.200. The van der Waals surface area contributed by atoms with E-state index < -0.39 is 5.97 Å². The van der Waals surface area contributed by atoms with Crippen molar-refractivity contribution in [2.24, 2.45) is 5.16 Å². The molecule has 0 aliphatic heterocycles. The molecule has 0 bridgehead atoms. The zero-order valence-corrected chi connectivity index (χ0v) is 11.9. The highest BCUT2D eigenvalue weighted by Gasteiger charge is 2.18. The van der Waals surface area contributed by atoms with Gasteiger partial charge in [-0.2, -0.15) is 0 Å². The largest absolute Gasteiger partial charge is 0.461 e. The van der Waals surface area contributed by atoms with Crippen LogP contribution in [0.5, 0.6) is 0 Å². The fourth-order valence-corrected chi connectivity index (χ4v) is 2.80. The summed E-state index contributed by atoms with van der Waals surface area (Å²) in [5.41, 5.74) is 1.15. The maximum Gasteiger partial charge on any atom is 0.361 e. The second-order valence-electron chi connectivity index (χ2n) is 4.10. The van der Waals surface area contributed by atoms with Gasteiger partial charge < -0.3 is 9.94 Å². The van der Waals surface area contributed by atoms with Gasteiger partial charge in [-0.15, -0.1) is 11.3 Å². The highest BCUT2D eigenvalue weighted by molar-refractivity contribution is 7.15. The number of ether oxygens (including phenoxy) is 1. The lowest BCUT2D eigenvalue weighted by molar-refractivity contribution is -0.135. The molecule has 104 valence electrons.